The number of methoxy groups -OCH3 is 1. The quantitative estimate of drug-likeness (QED) is 0.603. The number of amides is 1. The van der Waals surface area contributed by atoms with Crippen LogP contribution in [0, 0.1) is 5.92 Å². The molecule has 0 aliphatic heterocycles. The minimum atomic E-state index is -0.0215. The third-order valence-electron chi connectivity index (χ3n) is 2.25. The number of carbonyl (C=O) groups excluding carboxylic acids is 1. The fourth-order valence-electron chi connectivity index (χ4n) is 1.33. The number of nitrogens with zero attached hydrogens (tertiary/aromatic N) is 1. The highest BCUT2D eigenvalue weighted by molar-refractivity contribution is 5.78. The lowest BCUT2D eigenvalue weighted by Gasteiger charge is -2.24. The standard InChI is InChI=1S/C11H22N2O2/c1-4-7-13(8-9-15-3)11(14)10(2)5-6-12/h4,10H,1,5-9,12H2,2-3H3. The summed E-state index contributed by atoms with van der Waals surface area (Å²) in [4.78, 5) is 13.6. The predicted molar refractivity (Wildman–Crippen MR) is 61.5 cm³/mol. The number of carbonyl (C=O) groups is 1. The van der Waals surface area contributed by atoms with Crippen molar-refractivity contribution < 1.29 is 9.53 Å². The van der Waals surface area contributed by atoms with Crippen LogP contribution in [0.25, 0.3) is 0 Å². The molecule has 0 fully saturated rings. The summed E-state index contributed by atoms with van der Waals surface area (Å²) in [7, 11) is 1.62. The highest BCUT2D eigenvalue weighted by Gasteiger charge is 2.18. The van der Waals surface area contributed by atoms with Crippen molar-refractivity contribution in [2.75, 3.05) is 33.4 Å². The molecule has 0 aliphatic carbocycles. The van der Waals surface area contributed by atoms with E-state index >= 15 is 0 Å². The minimum absolute atomic E-state index is 0.0215. The summed E-state index contributed by atoms with van der Waals surface area (Å²) in [5.41, 5.74) is 5.43. The molecule has 15 heavy (non-hydrogen) atoms. The Hall–Kier alpha value is -0.870. The minimum Gasteiger partial charge on any atom is -0.383 e. The van der Waals surface area contributed by atoms with Gasteiger partial charge in [0.25, 0.3) is 0 Å². The third kappa shape index (κ3) is 5.54. The lowest BCUT2D eigenvalue weighted by Crippen LogP contribution is -2.38. The summed E-state index contributed by atoms with van der Waals surface area (Å²) in [6.07, 6.45) is 2.45. The number of nitrogens with two attached hydrogens (primary N) is 1. The fourth-order valence-corrected chi connectivity index (χ4v) is 1.33. The van der Waals surface area contributed by atoms with Crippen LogP contribution < -0.4 is 5.73 Å². The first-order valence-corrected chi connectivity index (χ1v) is 5.26. The Balaban J connectivity index is 4.19. The Morgan fingerprint density at radius 2 is 2.33 bits per heavy atom. The van der Waals surface area contributed by atoms with Crippen molar-refractivity contribution in [3.63, 3.8) is 0 Å². The maximum Gasteiger partial charge on any atom is 0.225 e. The highest BCUT2D eigenvalue weighted by atomic mass is 16.5. The van der Waals surface area contributed by atoms with Crippen molar-refractivity contribution >= 4 is 5.91 Å². The number of ether oxygens (including phenoxy) is 1. The Morgan fingerprint density at radius 3 is 2.80 bits per heavy atom. The number of hydrogen-bond acceptors (Lipinski definition) is 3. The lowest BCUT2D eigenvalue weighted by atomic mass is 10.1. The van der Waals surface area contributed by atoms with Crippen molar-refractivity contribution in [2.24, 2.45) is 11.7 Å². The lowest BCUT2D eigenvalue weighted by molar-refractivity contribution is -0.135. The Bertz CT molecular complexity index is 195. The van der Waals surface area contributed by atoms with Crippen molar-refractivity contribution in [1.29, 1.82) is 0 Å². The topological polar surface area (TPSA) is 55.6 Å². The van der Waals surface area contributed by atoms with Crippen LogP contribution in [0.5, 0.6) is 0 Å². The molecule has 0 heterocycles. The van der Waals surface area contributed by atoms with E-state index in [1.54, 1.807) is 18.1 Å². The van der Waals surface area contributed by atoms with Crippen LogP contribution >= 0.6 is 0 Å². The average molecular weight is 214 g/mol. The molecule has 0 radical (unpaired) electrons. The molecule has 0 aliphatic rings. The molecule has 88 valence electrons. The van der Waals surface area contributed by atoms with Gasteiger partial charge in [-0.05, 0) is 13.0 Å². The number of rotatable bonds is 8. The van der Waals surface area contributed by atoms with Crippen LogP contribution in [0.15, 0.2) is 12.7 Å². The first kappa shape index (κ1) is 14.1. The molecule has 1 atom stereocenters. The van der Waals surface area contributed by atoms with Gasteiger partial charge in [-0.1, -0.05) is 13.0 Å². The summed E-state index contributed by atoms with van der Waals surface area (Å²) in [6, 6.07) is 0. The van der Waals surface area contributed by atoms with Gasteiger partial charge in [0.15, 0.2) is 0 Å². The first-order chi connectivity index (χ1) is 7.17. The van der Waals surface area contributed by atoms with Crippen LogP contribution in [-0.4, -0.2) is 44.2 Å². The molecule has 0 spiro atoms. The van der Waals surface area contributed by atoms with Gasteiger partial charge in [-0.15, -0.1) is 6.58 Å². The normalized spacial score (nSPS) is 12.2. The van der Waals surface area contributed by atoms with Crippen LogP contribution in [0.1, 0.15) is 13.3 Å². The second-order valence-electron chi connectivity index (χ2n) is 3.54. The third-order valence-corrected chi connectivity index (χ3v) is 2.25. The molecule has 1 unspecified atom stereocenters. The monoisotopic (exact) mass is 214 g/mol. The molecule has 0 aromatic rings. The van der Waals surface area contributed by atoms with Crippen LogP contribution in [0.4, 0.5) is 0 Å². The van der Waals surface area contributed by atoms with Gasteiger partial charge in [0.05, 0.1) is 6.61 Å². The van der Waals surface area contributed by atoms with E-state index < -0.39 is 0 Å². The molecule has 0 aromatic carbocycles. The molecule has 4 heteroatoms. The van der Waals surface area contributed by atoms with Gasteiger partial charge in [0.1, 0.15) is 0 Å². The number of hydrogen-bond donors (Lipinski definition) is 1. The first-order valence-electron chi connectivity index (χ1n) is 5.26. The molecule has 0 bridgehead atoms. The second-order valence-corrected chi connectivity index (χ2v) is 3.54. The molecule has 4 nitrogen and oxygen atoms in total. The van der Waals surface area contributed by atoms with Gasteiger partial charge < -0.3 is 15.4 Å². The maximum atomic E-state index is 11.9. The second kappa shape index (κ2) is 8.44. The van der Waals surface area contributed by atoms with E-state index in [9.17, 15) is 4.79 Å². The van der Waals surface area contributed by atoms with E-state index in [0.717, 1.165) is 6.42 Å². The van der Waals surface area contributed by atoms with Crippen LogP contribution in [0.3, 0.4) is 0 Å². The predicted octanol–water partition coefficient (Wildman–Crippen LogP) is 0.632. The van der Waals surface area contributed by atoms with Crippen LogP contribution in [-0.2, 0) is 9.53 Å². The Morgan fingerprint density at radius 1 is 1.67 bits per heavy atom. The van der Waals surface area contributed by atoms with E-state index in [4.69, 9.17) is 10.5 Å². The van der Waals surface area contributed by atoms with Gasteiger partial charge >= 0.3 is 0 Å². The molecular formula is C11H22N2O2. The van der Waals surface area contributed by atoms with Gasteiger partial charge in [-0.25, -0.2) is 0 Å². The summed E-state index contributed by atoms with van der Waals surface area (Å²) >= 11 is 0. The van der Waals surface area contributed by atoms with Crippen molar-refractivity contribution in [1.82, 2.24) is 4.90 Å². The molecule has 2 N–H and O–H groups in total. The smallest absolute Gasteiger partial charge is 0.225 e. The molecular weight excluding hydrogens is 192 g/mol. The summed E-state index contributed by atoms with van der Waals surface area (Å²) in [5.74, 6) is 0.101. The zero-order valence-electron chi connectivity index (χ0n) is 9.74. The highest BCUT2D eigenvalue weighted by Crippen LogP contribution is 2.06. The van der Waals surface area contributed by atoms with E-state index in [0.29, 0.717) is 26.2 Å². The Kier molecular flexibility index (Phi) is 7.95. The van der Waals surface area contributed by atoms with Crippen molar-refractivity contribution in [2.45, 2.75) is 13.3 Å². The van der Waals surface area contributed by atoms with Crippen LogP contribution in [0.2, 0.25) is 0 Å². The van der Waals surface area contributed by atoms with Crippen molar-refractivity contribution in [3.8, 4) is 0 Å². The maximum absolute atomic E-state index is 11.9. The largest absolute Gasteiger partial charge is 0.383 e. The SMILES string of the molecule is C=CCN(CCOC)C(=O)C(C)CCN. The molecule has 0 saturated carbocycles. The van der Waals surface area contributed by atoms with Gasteiger partial charge in [-0.3, -0.25) is 4.79 Å². The molecule has 0 rings (SSSR count). The Labute approximate surface area is 92.1 Å². The van der Waals surface area contributed by atoms with E-state index in [-0.39, 0.29) is 11.8 Å². The molecule has 1 amide bonds. The fraction of sp³-hybridized carbons (Fsp3) is 0.727. The zero-order chi connectivity index (χ0) is 11.7. The van der Waals surface area contributed by atoms with Gasteiger partial charge in [0.2, 0.25) is 5.91 Å². The van der Waals surface area contributed by atoms with Gasteiger partial charge in [0, 0.05) is 26.1 Å². The van der Waals surface area contributed by atoms with E-state index in [1.807, 2.05) is 6.92 Å². The van der Waals surface area contributed by atoms with E-state index in [1.165, 1.54) is 0 Å². The summed E-state index contributed by atoms with van der Waals surface area (Å²) in [5, 5.41) is 0. The molecule has 0 aromatic heterocycles. The van der Waals surface area contributed by atoms with Gasteiger partial charge in [-0.2, -0.15) is 0 Å². The van der Waals surface area contributed by atoms with Crippen molar-refractivity contribution in [3.05, 3.63) is 12.7 Å². The average Bonchev–Trinajstić information content (AvgIpc) is 2.23. The molecule has 0 saturated heterocycles. The van der Waals surface area contributed by atoms with E-state index in [2.05, 4.69) is 6.58 Å². The summed E-state index contributed by atoms with van der Waals surface area (Å²) < 4.78 is 4.96. The summed E-state index contributed by atoms with van der Waals surface area (Å²) in [6.45, 7) is 7.80. The zero-order valence-corrected chi connectivity index (χ0v) is 9.74.